The molecule has 0 fully saturated rings. The van der Waals surface area contributed by atoms with Crippen LogP contribution in [0.1, 0.15) is 30.4 Å². The first-order valence-electron chi connectivity index (χ1n) is 18.9. The van der Waals surface area contributed by atoms with Crippen LogP contribution in [0, 0.1) is 0 Å². The van der Waals surface area contributed by atoms with E-state index < -0.39 is 0 Å². The third-order valence-electron chi connectivity index (χ3n) is 11.9. The molecule has 10 aromatic rings. The van der Waals surface area contributed by atoms with Crippen molar-refractivity contribution in [3.63, 3.8) is 0 Å². The fourth-order valence-electron chi connectivity index (χ4n) is 9.60. The summed E-state index contributed by atoms with van der Waals surface area (Å²) in [6.07, 6.45) is 5.74. The molecule has 2 aromatic heterocycles. The van der Waals surface area contributed by atoms with Crippen LogP contribution >= 0.6 is 0 Å². The first-order chi connectivity index (χ1) is 26.7. The Morgan fingerprint density at radius 1 is 0.519 bits per heavy atom. The Labute approximate surface area is 312 Å². The molecule has 0 radical (unpaired) electrons. The van der Waals surface area contributed by atoms with Crippen LogP contribution in [0.2, 0.25) is 0 Å². The summed E-state index contributed by atoms with van der Waals surface area (Å²) in [6.45, 7) is 2.39. The lowest BCUT2D eigenvalue weighted by Crippen LogP contribution is -2.06. The smallest absolute Gasteiger partial charge is 0.160 e. The number of allylic oxidation sites excluding steroid dienone is 1. The van der Waals surface area contributed by atoms with Gasteiger partial charge in [-0.05, 0) is 98.3 Å². The van der Waals surface area contributed by atoms with E-state index in [4.69, 9.17) is 9.97 Å². The lowest BCUT2D eigenvalue weighted by atomic mass is 9.83. The van der Waals surface area contributed by atoms with Gasteiger partial charge in [0.1, 0.15) is 0 Å². The lowest BCUT2D eigenvalue weighted by Gasteiger charge is -2.23. The third-order valence-corrected chi connectivity index (χ3v) is 11.9. The predicted molar refractivity (Wildman–Crippen MR) is 226 cm³/mol. The maximum Gasteiger partial charge on any atom is 0.160 e. The van der Waals surface area contributed by atoms with Crippen LogP contribution in [0.4, 0.5) is 0 Å². The third kappa shape index (κ3) is 4.01. The maximum atomic E-state index is 5.20. The largest absolute Gasteiger partial charge is 0.308 e. The van der Waals surface area contributed by atoms with Gasteiger partial charge in [0.15, 0.2) is 5.82 Å². The van der Waals surface area contributed by atoms with Crippen LogP contribution in [-0.4, -0.2) is 14.5 Å². The van der Waals surface area contributed by atoms with E-state index in [1.807, 2.05) is 6.07 Å². The van der Waals surface area contributed by atoms with Crippen LogP contribution in [0.15, 0.2) is 158 Å². The van der Waals surface area contributed by atoms with Crippen molar-refractivity contribution >= 4 is 60.3 Å². The molecule has 0 aliphatic heterocycles. The van der Waals surface area contributed by atoms with Gasteiger partial charge in [-0.15, -0.1) is 0 Å². The molecule has 3 heteroatoms. The molecule has 2 aliphatic carbocycles. The van der Waals surface area contributed by atoms with Gasteiger partial charge in [-0.25, -0.2) is 9.97 Å². The van der Waals surface area contributed by atoms with Gasteiger partial charge < -0.3 is 4.57 Å². The second-order valence-corrected chi connectivity index (χ2v) is 14.9. The van der Waals surface area contributed by atoms with Crippen LogP contribution in [-0.2, 0) is 0 Å². The van der Waals surface area contributed by atoms with E-state index in [0.717, 1.165) is 45.7 Å². The zero-order valence-corrected chi connectivity index (χ0v) is 29.7. The SMILES string of the molecule is CC1CC=Cc2c1c1c(c3ccccc23)c2cc3c4c(cccc4c2n1-c1ccc(-c2nc(-c4ccccc4)c4ccccc4n2)cc1)-c1ccccc1-3. The molecule has 2 aliphatic rings. The van der Waals surface area contributed by atoms with Crippen molar-refractivity contribution in [1.82, 2.24) is 14.5 Å². The van der Waals surface area contributed by atoms with Crippen LogP contribution < -0.4 is 0 Å². The second kappa shape index (κ2) is 11.1. The number of benzene rings is 8. The average molecular weight is 688 g/mol. The number of fused-ring (bicyclic) bond motifs is 13. The molecule has 252 valence electrons. The second-order valence-electron chi connectivity index (χ2n) is 14.9. The topological polar surface area (TPSA) is 30.7 Å². The Morgan fingerprint density at radius 2 is 1.20 bits per heavy atom. The van der Waals surface area contributed by atoms with Gasteiger partial charge in [0.05, 0.1) is 22.2 Å². The average Bonchev–Trinajstić information content (AvgIpc) is 3.75. The van der Waals surface area contributed by atoms with Crippen molar-refractivity contribution in [3.05, 3.63) is 169 Å². The number of nitrogens with zero attached hydrogens (tertiary/aromatic N) is 3. The summed E-state index contributed by atoms with van der Waals surface area (Å²) in [6, 6.07) is 55.0. The number of aromatic nitrogens is 3. The molecule has 2 heterocycles. The number of hydrogen-bond donors (Lipinski definition) is 0. The van der Waals surface area contributed by atoms with Gasteiger partial charge in [0, 0.05) is 38.4 Å². The summed E-state index contributed by atoms with van der Waals surface area (Å²) in [5, 5.41) is 8.96. The van der Waals surface area contributed by atoms with E-state index in [9.17, 15) is 0 Å². The van der Waals surface area contributed by atoms with Gasteiger partial charge in [-0.2, -0.15) is 0 Å². The molecular weight excluding hydrogens is 655 g/mol. The number of para-hydroxylation sites is 1. The van der Waals surface area contributed by atoms with E-state index in [1.54, 1.807) is 0 Å². The van der Waals surface area contributed by atoms with Gasteiger partial charge >= 0.3 is 0 Å². The molecule has 3 nitrogen and oxygen atoms in total. The molecule has 1 unspecified atom stereocenters. The summed E-state index contributed by atoms with van der Waals surface area (Å²) < 4.78 is 2.58. The zero-order valence-electron chi connectivity index (χ0n) is 29.7. The van der Waals surface area contributed by atoms with E-state index in [-0.39, 0.29) is 0 Å². The van der Waals surface area contributed by atoms with Crippen LogP contribution in [0.25, 0.3) is 111 Å². The summed E-state index contributed by atoms with van der Waals surface area (Å²) in [7, 11) is 0. The first kappa shape index (κ1) is 29.7. The minimum Gasteiger partial charge on any atom is -0.308 e. The van der Waals surface area contributed by atoms with E-state index in [2.05, 4.69) is 169 Å². The summed E-state index contributed by atoms with van der Waals surface area (Å²) in [5.74, 6) is 1.10. The summed E-state index contributed by atoms with van der Waals surface area (Å²) >= 11 is 0. The standard InChI is InChI=1S/C51H33N3/c1-30-13-11-21-37-36-18-7-8-19-39(36)47-43-29-42-35-17-6-5-16-34(35)38-22-12-23-41(46(38)42)49(43)54(50(47)45(30)37)33-27-25-32(26-28-33)51-52-44-24-10-9-20-40(44)48(53-51)31-14-3-2-4-15-31/h2-12,14-30H,13H2,1H3. The van der Waals surface area contributed by atoms with E-state index in [1.165, 1.54) is 76.7 Å². The highest BCUT2D eigenvalue weighted by atomic mass is 15.0. The van der Waals surface area contributed by atoms with Crippen molar-refractivity contribution < 1.29 is 0 Å². The van der Waals surface area contributed by atoms with Crippen molar-refractivity contribution in [1.29, 1.82) is 0 Å². The molecule has 8 aromatic carbocycles. The number of hydrogen-bond acceptors (Lipinski definition) is 2. The Kier molecular flexibility index (Phi) is 6.10. The molecule has 12 rings (SSSR count). The van der Waals surface area contributed by atoms with Crippen LogP contribution in [0.5, 0.6) is 0 Å². The molecule has 0 amide bonds. The van der Waals surface area contributed by atoms with Crippen molar-refractivity contribution in [2.45, 2.75) is 19.3 Å². The van der Waals surface area contributed by atoms with E-state index in [0.29, 0.717) is 5.92 Å². The van der Waals surface area contributed by atoms with Crippen molar-refractivity contribution in [2.75, 3.05) is 0 Å². The fourth-order valence-corrected chi connectivity index (χ4v) is 9.60. The monoisotopic (exact) mass is 687 g/mol. The Balaban J connectivity index is 1.18. The Morgan fingerprint density at radius 3 is 2.04 bits per heavy atom. The van der Waals surface area contributed by atoms with Gasteiger partial charge in [-0.3, -0.25) is 0 Å². The molecule has 0 saturated carbocycles. The maximum absolute atomic E-state index is 5.20. The van der Waals surface area contributed by atoms with Gasteiger partial charge in [0.25, 0.3) is 0 Å². The van der Waals surface area contributed by atoms with Gasteiger partial charge in [-0.1, -0.05) is 134 Å². The lowest BCUT2D eigenvalue weighted by molar-refractivity contribution is 0.777. The van der Waals surface area contributed by atoms with Crippen molar-refractivity contribution in [3.8, 4) is 50.6 Å². The molecule has 0 saturated heterocycles. The summed E-state index contributed by atoms with van der Waals surface area (Å²) in [5.41, 5.74) is 15.8. The summed E-state index contributed by atoms with van der Waals surface area (Å²) in [4.78, 5) is 10.3. The van der Waals surface area contributed by atoms with E-state index >= 15 is 0 Å². The van der Waals surface area contributed by atoms with Crippen molar-refractivity contribution in [2.24, 2.45) is 0 Å². The van der Waals surface area contributed by atoms with Gasteiger partial charge in [0.2, 0.25) is 0 Å². The molecular formula is C51H33N3. The normalized spacial score (nSPS) is 14.4. The quantitative estimate of drug-likeness (QED) is 0.185. The highest BCUT2D eigenvalue weighted by Crippen LogP contribution is 2.53. The zero-order chi connectivity index (χ0) is 35.5. The molecule has 0 bridgehead atoms. The number of rotatable bonds is 3. The minimum absolute atomic E-state index is 0.372. The fraction of sp³-hybridized carbons (Fsp3) is 0.0588. The molecule has 54 heavy (non-hydrogen) atoms. The first-order valence-corrected chi connectivity index (χ1v) is 18.9. The predicted octanol–water partition coefficient (Wildman–Crippen LogP) is 13.5. The molecule has 0 N–H and O–H groups in total. The highest BCUT2D eigenvalue weighted by Gasteiger charge is 2.30. The Bertz CT molecular complexity index is 3240. The molecule has 0 spiro atoms. The highest BCUT2D eigenvalue weighted by molar-refractivity contribution is 6.32. The minimum atomic E-state index is 0.372. The molecule has 1 atom stereocenters. The van der Waals surface area contributed by atoms with Crippen LogP contribution in [0.3, 0.4) is 0 Å². The Hall–Kier alpha value is -6.84.